The number of nitrogens with zero attached hydrogens (tertiary/aromatic N) is 2. The van der Waals surface area contributed by atoms with Gasteiger partial charge in [0.15, 0.2) is 17.4 Å². The van der Waals surface area contributed by atoms with E-state index in [0.717, 1.165) is 28.8 Å². The molecule has 0 aliphatic heterocycles. The first-order valence-electron chi connectivity index (χ1n) is 6.58. The van der Waals surface area contributed by atoms with Crippen molar-refractivity contribution in [2.24, 2.45) is 0 Å². The van der Waals surface area contributed by atoms with E-state index in [4.69, 9.17) is 4.42 Å². The molecule has 4 nitrogen and oxygen atoms in total. The van der Waals surface area contributed by atoms with Gasteiger partial charge in [-0.05, 0) is 36.6 Å². The molecule has 0 aliphatic rings. The maximum atomic E-state index is 13.2. The normalized spacial score (nSPS) is 12.3. The van der Waals surface area contributed by atoms with Crippen molar-refractivity contribution in [3.63, 3.8) is 0 Å². The van der Waals surface area contributed by atoms with Crippen LogP contribution in [0.15, 0.2) is 45.4 Å². The minimum Gasteiger partial charge on any atom is -0.410 e. The summed E-state index contributed by atoms with van der Waals surface area (Å²) in [5.41, 5.74) is 0.0990. The van der Waals surface area contributed by atoms with Crippen LogP contribution in [0.3, 0.4) is 0 Å². The number of benzene rings is 1. The second kappa shape index (κ2) is 6.59. The van der Waals surface area contributed by atoms with Gasteiger partial charge in [0.25, 0.3) is 11.1 Å². The number of Topliss-reactive ketones (excluding diaryl/α,β-unsaturated/α-hetero) is 1. The van der Waals surface area contributed by atoms with E-state index < -0.39 is 16.9 Å². The molecule has 3 aromatic rings. The van der Waals surface area contributed by atoms with Gasteiger partial charge in [-0.15, -0.1) is 21.5 Å². The quantitative estimate of drug-likeness (QED) is 0.502. The molecule has 0 fully saturated rings. The molecule has 2 aromatic heterocycles. The highest BCUT2D eigenvalue weighted by atomic mass is 32.2. The Balaban J connectivity index is 1.72. The van der Waals surface area contributed by atoms with Crippen LogP contribution in [-0.4, -0.2) is 21.2 Å². The standard InChI is InChI=1S/C15H10F2N2O2S2/c1-8(13(20)9-4-5-10(16)11(17)7-9)23-15-19-18-14(21-15)12-3-2-6-22-12/h2-8H,1H3. The number of ketones is 1. The summed E-state index contributed by atoms with van der Waals surface area (Å²) in [6, 6.07) is 6.79. The molecule has 2 heterocycles. The highest BCUT2D eigenvalue weighted by molar-refractivity contribution is 8.00. The van der Waals surface area contributed by atoms with Gasteiger partial charge in [0, 0.05) is 5.56 Å². The van der Waals surface area contributed by atoms with Gasteiger partial charge < -0.3 is 4.42 Å². The monoisotopic (exact) mass is 352 g/mol. The molecular weight excluding hydrogens is 342 g/mol. The number of carbonyl (C=O) groups is 1. The van der Waals surface area contributed by atoms with Crippen LogP contribution >= 0.6 is 23.1 Å². The lowest BCUT2D eigenvalue weighted by Crippen LogP contribution is -2.14. The van der Waals surface area contributed by atoms with E-state index in [1.807, 2.05) is 17.5 Å². The zero-order valence-electron chi connectivity index (χ0n) is 11.8. The molecule has 3 rings (SSSR count). The van der Waals surface area contributed by atoms with Gasteiger partial charge in [0.05, 0.1) is 10.1 Å². The van der Waals surface area contributed by atoms with E-state index >= 15 is 0 Å². The SMILES string of the molecule is CC(Sc1nnc(-c2cccs2)o1)C(=O)c1ccc(F)c(F)c1. The van der Waals surface area contributed by atoms with Crippen molar-refractivity contribution >= 4 is 28.9 Å². The van der Waals surface area contributed by atoms with E-state index in [2.05, 4.69) is 10.2 Å². The Morgan fingerprint density at radius 2 is 2.09 bits per heavy atom. The van der Waals surface area contributed by atoms with Crippen LogP contribution < -0.4 is 0 Å². The zero-order valence-corrected chi connectivity index (χ0v) is 13.5. The predicted molar refractivity (Wildman–Crippen MR) is 83.6 cm³/mol. The second-order valence-corrected chi connectivity index (χ2v) is 6.84. The minimum atomic E-state index is -1.05. The first kappa shape index (κ1) is 15.8. The Hall–Kier alpha value is -2.06. The topological polar surface area (TPSA) is 56.0 Å². The van der Waals surface area contributed by atoms with Crippen LogP contribution in [0.1, 0.15) is 17.3 Å². The molecule has 118 valence electrons. The van der Waals surface area contributed by atoms with Gasteiger partial charge in [-0.1, -0.05) is 17.8 Å². The Morgan fingerprint density at radius 3 is 2.78 bits per heavy atom. The molecule has 0 saturated heterocycles. The second-order valence-electron chi connectivity index (χ2n) is 4.60. The molecule has 0 radical (unpaired) electrons. The fraction of sp³-hybridized carbons (Fsp3) is 0.133. The fourth-order valence-electron chi connectivity index (χ4n) is 1.85. The number of rotatable bonds is 5. The largest absolute Gasteiger partial charge is 0.410 e. The number of aromatic nitrogens is 2. The lowest BCUT2D eigenvalue weighted by molar-refractivity contribution is 0.0993. The molecule has 0 N–H and O–H groups in total. The van der Waals surface area contributed by atoms with Gasteiger partial charge in [-0.25, -0.2) is 8.78 Å². The predicted octanol–water partition coefficient (Wildman–Crippen LogP) is 4.44. The zero-order chi connectivity index (χ0) is 16.4. The first-order chi connectivity index (χ1) is 11.0. The van der Waals surface area contributed by atoms with E-state index in [9.17, 15) is 13.6 Å². The summed E-state index contributed by atoms with van der Waals surface area (Å²) in [7, 11) is 0. The third-order valence-corrected chi connectivity index (χ3v) is 4.78. The summed E-state index contributed by atoms with van der Waals surface area (Å²) >= 11 is 2.54. The summed E-state index contributed by atoms with van der Waals surface area (Å²) in [6.07, 6.45) is 0. The minimum absolute atomic E-state index is 0.0990. The van der Waals surface area contributed by atoms with Gasteiger partial charge in [0.1, 0.15) is 0 Å². The Morgan fingerprint density at radius 1 is 1.26 bits per heavy atom. The van der Waals surface area contributed by atoms with Crippen LogP contribution in [0.2, 0.25) is 0 Å². The molecule has 0 saturated carbocycles. The molecular formula is C15H10F2N2O2S2. The summed E-state index contributed by atoms with van der Waals surface area (Å²) in [5, 5.41) is 9.37. The van der Waals surface area contributed by atoms with Crippen molar-refractivity contribution in [3.05, 3.63) is 52.9 Å². The van der Waals surface area contributed by atoms with Crippen LogP contribution in [0, 0.1) is 11.6 Å². The highest BCUT2D eigenvalue weighted by Gasteiger charge is 2.21. The molecule has 23 heavy (non-hydrogen) atoms. The lowest BCUT2D eigenvalue weighted by atomic mass is 10.1. The maximum Gasteiger partial charge on any atom is 0.277 e. The van der Waals surface area contributed by atoms with Crippen LogP contribution in [0.25, 0.3) is 10.8 Å². The molecule has 8 heteroatoms. The molecule has 0 amide bonds. The highest BCUT2D eigenvalue weighted by Crippen LogP contribution is 2.29. The summed E-state index contributed by atoms with van der Waals surface area (Å²) in [6.45, 7) is 1.64. The average Bonchev–Trinajstić information content (AvgIpc) is 3.20. The number of thiophene rings is 1. The fourth-order valence-corrected chi connectivity index (χ4v) is 3.25. The Labute approximate surface area is 138 Å². The number of carbonyl (C=O) groups excluding carboxylic acids is 1. The number of thioether (sulfide) groups is 1. The Bertz CT molecular complexity index is 834. The van der Waals surface area contributed by atoms with Crippen molar-refractivity contribution in [1.29, 1.82) is 0 Å². The van der Waals surface area contributed by atoms with Crippen LogP contribution in [-0.2, 0) is 0 Å². The summed E-state index contributed by atoms with van der Waals surface area (Å²) < 4.78 is 31.6. The molecule has 0 aliphatic carbocycles. The third-order valence-electron chi connectivity index (χ3n) is 2.99. The summed E-state index contributed by atoms with van der Waals surface area (Å²) in [4.78, 5) is 13.1. The molecule has 1 unspecified atom stereocenters. The third kappa shape index (κ3) is 3.48. The van der Waals surface area contributed by atoms with E-state index in [1.54, 1.807) is 6.92 Å². The van der Waals surface area contributed by atoms with Crippen LogP contribution in [0.4, 0.5) is 8.78 Å². The van der Waals surface area contributed by atoms with Crippen molar-refractivity contribution in [2.45, 2.75) is 17.4 Å². The molecule has 0 bridgehead atoms. The summed E-state index contributed by atoms with van der Waals surface area (Å²) in [5.74, 6) is -2.00. The van der Waals surface area contributed by atoms with Crippen LogP contribution in [0.5, 0.6) is 0 Å². The van der Waals surface area contributed by atoms with Gasteiger partial charge in [-0.3, -0.25) is 4.79 Å². The van der Waals surface area contributed by atoms with E-state index in [-0.39, 0.29) is 16.6 Å². The number of hydrogen-bond acceptors (Lipinski definition) is 6. The molecule has 1 aromatic carbocycles. The molecule has 1 atom stereocenters. The van der Waals surface area contributed by atoms with E-state index in [0.29, 0.717) is 5.89 Å². The molecule has 0 spiro atoms. The maximum absolute atomic E-state index is 13.2. The smallest absolute Gasteiger partial charge is 0.277 e. The van der Waals surface area contributed by atoms with Gasteiger partial charge >= 0.3 is 0 Å². The van der Waals surface area contributed by atoms with Crippen molar-refractivity contribution in [3.8, 4) is 10.8 Å². The number of halogens is 2. The lowest BCUT2D eigenvalue weighted by Gasteiger charge is -2.07. The van der Waals surface area contributed by atoms with Gasteiger partial charge in [-0.2, -0.15) is 0 Å². The van der Waals surface area contributed by atoms with Crippen molar-refractivity contribution in [2.75, 3.05) is 0 Å². The number of hydrogen-bond donors (Lipinski definition) is 0. The Kier molecular flexibility index (Phi) is 4.53. The average molecular weight is 352 g/mol. The van der Waals surface area contributed by atoms with Crippen molar-refractivity contribution < 1.29 is 18.0 Å². The van der Waals surface area contributed by atoms with Crippen molar-refractivity contribution in [1.82, 2.24) is 10.2 Å². The van der Waals surface area contributed by atoms with E-state index in [1.165, 1.54) is 17.4 Å². The first-order valence-corrected chi connectivity index (χ1v) is 8.34. The van der Waals surface area contributed by atoms with Gasteiger partial charge in [0.2, 0.25) is 0 Å².